The first kappa shape index (κ1) is 19.2. The summed E-state index contributed by atoms with van der Waals surface area (Å²) in [5.41, 5.74) is 3.78. The van der Waals surface area contributed by atoms with Crippen molar-refractivity contribution in [2.75, 3.05) is 32.6 Å². The number of hydrogen-bond donors (Lipinski definition) is 2. The van der Waals surface area contributed by atoms with Gasteiger partial charge in [0.25, 0.3) is 0 Å². The Balaban J connectivity index is 1.82. The maximum absolute atomic E-state index is 4.45. The molecule has 0 aliphatic rings. The van der Waals surface area contributed by atoms with E-state index in [1.807, 2.05) is 6.20 Å². The minimum atomic E-state index is 0.760. The first-order valence-electron chi connectivity index (χ1n) is 8.68. The molecule has 0 fully saturated rings. The molecule has 0 saturated heterocycles. The van der Waals surface area contributed by atoms with Crippen molar-refractivity contribution in [1.82, 2.24) is 15.6 Å². The number of nitrogens with one attached hydrogen (secondary N) is 2. The van der Waals surface area contributed by atoms with Crippen LogP contribution in [0.1, 0.15) is 27.9 Å². The van der Waals surface area contributed by atoms with Crippen LogP contribution in [0.2, 0.25) is 0 Å². The molecule has 0 atom stereocenters. The Hall–Kier alpha value is -2.08. The zero-order valence-electron chi connectivity index (χ0n) is 15.9. The molecule has 5 nitrogen and oxygen atoms in total. The van der Waals surface area contributed by atoms with Crippen LogP contribution in [0, 0.1) is 6.92 Å². The van der Waals surface area contributed by atoms with E-state index in [1.165, 1.54) is 26.7 Å². The maximum atomic E-state index is 4.45. The molecule has 1 aromatic carbocycles. The molecule has 0 unspecified atom stereocenters. The lowest BCUT2D eigenvalue weighted by Crippen LogP contribution is -2.38. The molecule has 2 N–H and O–H groups in total. The molecule has 0 radical (unpaired) electrons. The van der Waals surface area contributed by atoms with Crippen molar-refractivity contribution in [3.8, 4) is 0 Å². The fraction of sp³-hybridized carbons (Fsp3) is 0.474. The minimum Gasteiger partial charge on any atom is -0.378 e. The molecule has 0 saturated carbocycles. The van der Waals surface area contributed by atoms with E-state index in [1.54, 1.807) is 18.4 Å². The third-order valence-electron chi connectivity index (χ3n) is 4.09. The van der Waals surface area contributed by atoms with E-state index in [0.717, 1.165) is 31.9 Å². The van der Waals surface area contributed by atoms with E-state index in [-0.39, 0.29) is 0 Å². The van der Waals surface area contributed by atoms with Crippen molar-refractivity contribution in [2.24, 2.45) is 4.99 Å². The third-order valence-corrected chi connectivity index (χ3v) is 5.30. The van der Waals surface area contributed by atoms with Gasteiger partial charge >= 0.3 is 0 Å². The van der Waals surface area contributed by atoms with Gasteiger partial charge in [-0.2, -0.15) is 0 Å². The second-order valence-electron chi connectivity index (χ2n) is 6.18. The van der Waals surface area contributed by atoms with Crippen molar-refractivity contribution in [2.45, 2.75) is 33.2 Å². The summed E-state index contributed by atoms with van der Waals surface area (Å²) in [5, 5.41) is 7.92. The number of hydrogen-bond acceptors (Lipinski definition) is 4. The minimum absolute atomic E-state index is 0.760. The van der Waals surface area contributed by atoms with E-state index in [4.69, 9.17) is 0 Å². The van der Waals surface area contributed by atoms with Gasteiger partial charge in [-0.05, 0) is 36.6 Å². The average Bonchev–Trinajstić information content (AvgIpc) is 3.06. The number of guanidine groups is 1. The molecule has 0 amide bonds. The van der Waals surface area contributed by atoms with E-state index >= 15 is 0 Å². The lowest BCUT2D eigenvalue weighted by molar-refractivity contribution is 0.790. The normalized spacial score (nSPS) is 11.5. The van der Waals surface area contributed by atoms with Crippen LogP contribution in [0.3, 0.4) is 0 Å². The molecule has 0 aliphatic heterocycles. The first-order chi connectivity index (χ1) is 12.0. The number of anilines is 1. The Morgan fingerprint density at radius 2 is 2.08 bits per heavy atom. The predicted octanol–water partition coefficient (Wildman–Crippen LogP) is 2.99. The van der Waals surface area contributed by atoms with E-state index in [0.29, 0.717) is 0 Å². The smallest absolute Gasteiger partial charge is 0.191 e. The predicted molar refractivity (Wildman–Crippen MR) is 109 cm³/mol. The maximum Gasteiger partial charge on any atom is 0.191 e. The summed E-state index contributed by atoms with van der Waals surface area (Å²) < 4.78 is 0. The van der Waals surface area contributed by atoms with Gasteiger partial charge in [-0.3, -0.25) is 4.99 Å². The van der Waals surface area contributed by atoms with Crippen LogP contribution in [0.15, 0.2) is 29.4 Å². The van der Waals surface area contributed by atoms with Gasteiger partial charge in [0.15, 0.2) is 5.96 Å². The standard InChI is InChI=1S/C19H29N5S/c1-6-17-13-22-18(25-17)9-10-21-19(20-3)23-12-15-7-8-16(24(4)5)11-14(15)2/h7-8,11,13H,6,9-10,12H2,1-5H3,(H2,20,21,23). The fourth-order valence-electron chi connectivity index (χ4n) is 2.47. The Bertz CT molecular complexity index is 706. The van der Waals surface area contributed by atoms with E-state index < -0.39 is 0 Å². The van der Waals surface area contributed by atoms with Crippen LogP contribution < -0.4 is 15.5 Å². The second kappa shape index (κ2) is 9.42. The van der Waals surface area contributed by atoms with Gasteiger partial charge in [0.1, 0.15) is 0 Å². The lowest BCUT2D eigenvalue weighted by atomic mass is 10.1. The van der Waals surface area contributed by atoms with Crippen LogP contribution in [-0.2, 0) is 19.4 Å². The molecule has 0 aliphatic carbocycles. The number of aliphatic imine (C=N–C) groups is 1. The Kier molecular flexibility index (Phi) is 7.25. The summed E-state index contributed by atoms with van der Waals surface area (Å²) >= 11 is 1.79. The van der Waals surface area contributed by atoms with Crippen molar-refractivity contribution < 1.29 is 0 Å². The summed E-state index contributed by atoms with van der Waals surface area (Å²) in [5.74, 6) is 0.823. The van der Waals surface area contributed by atoms with Gasteiger partial charge in [0.2, 0.25) is 0 Å². The number of nitrogens with zero attached hydrogens (tertiary/aromatic N) is 3. The third kappa shape index (κ3) is 5.74. The first-order valence-corrected chi connectivity index (χ1v) is 9.50. The monoisotopic (exact) mass is 359 g/mol. The zero-order chi connectivity index (χ0) is 18.2. The molecule has 1 heterocycles. The Morgan fingerprint density at radius 3 is 2.68 bits per heavy atom. The molecule has 1 aromatic heterocycles. The van der Waals surface area contributed by atoms with Gasteiger partial charge in [0.05, 0.1) is 5.01 Å². The topological polar surface area (TPSA) is 52.6 Å². The number of rotatable bonds is 7. The summed E-state index contributed by atoms with van der Waals surface area (Å²) in [7, 11) is 5.92. The molecule has 6 heteroatoms. The highest BCUT2D eigenvalue weighted by atomic mass is 32.1. The molecule has 25 heavy (non-hydrogen) atoms. The van der Waals surface area contributed by atoms with E-state index in [9.17, 15) is 0 Å². The highest BCUT2D eigenvalue weighted by Crippen LogP contribution is 2.17. The molecule has 0 spiro atoms. The molecule has 136 valence electrons. The SMILES string of the molecule is CCc1cnc(CCNC(=NC)NCc2ccc(N(C)C)cc2C)s1. The molecule has 0 bridgehead atoms. The van der Waals surface area contributed by atoms with Crippen LogP contribution in [0.25, 0.3) is 0 Å². The van der Waals surface area contributed by atoms with Gasteiger partial charge in [-0.25, -0.2) is 4.98 Å². The largest absolute Gasteiger partial charge is 0.378 e. The van der Waals surface area contributed by atoms with Crippen molar-refractivity contribution in [3.63, 3.8) is 0 Å². The van der Waals surface area contributed by atoms with Gasteiger partial charge in [-0.1, -0.05) is 13.0 Å². The molecular weight excluding hydrogens is 330 g/mol. The van der Waals surface area contributed by atoms with Gasteiger partial charge < -0.3 is 15.5 Å². The van der Waals surface area contributed by atoms with Crippen molar-refractivity contribution in [1.29, 1.82) is 0 Å². The lowest BCUT2D eigenvalue weighted by Gasteiger charge is -2.16. The van der Waals surface area contributed by atoms with Crippen LogP contribution in [0.4, 0.5) is 5.69 Å². The number of aromatic nitrogens is 1. The molecule has 2 aromatic rings. The van der Waals surface area contributed by atoms with Crippen molar-refractivity contribution >= 4 is 23.0 Å². The number of benzene rings is 1. The van der Waals surface area contributed by atoms with Crippen LogP contribution in [-0.4, -0.2) is 38.6 Å². The summed E-state index contributed by atoms with van der Waals surface area (Å²) in [4.78, 5) is 12.2. The highest BCUT2D eigenvalue weighted by molar-refractivity contribution is 7.11. The quantitative estimate of drug-likeness (QED) is 0.589. The number of aryl methyl sites for hydroxylation is 2. The van der Waals surface area contributed by atoms with Gasteiger partial charge in [-0.15, -0.1) is 11.3 Å². The highest BCUT2D eigenvalue weighted by Gasteiger charge is 2.05. The fourth-order valence-corrected chi connectivity index (χ4v) is 3.33. The molecule has 2 rings (SSSR count). The summed E-state index contributed by atoms with van der Waals surface area (Å²) in [6.45, 7) is 5.90. The second-order valence-corrected chi connectivity index (χ2v) is 7.38. The van der Waals surface area contributed by atoms with Crippen LogP contribution >= 0.6 is 11.3 Å². The Morgan fingerprint density at radius 1 is 1.28 bits per heavy atom. The number of thiazole rings is 1. The molecular formula is C19H29N5S. The van der Waals surface area contributed by atoms with Gasteiger partial charge in [0, 0.05) is 57.4 Å². The Labute approximate surface area is 155 Å². The summed E-state index contributed by atoms with van der Waals surface area (Å²) in [6, 6.07) is 6.53. The van der Waals surface area contributed by atoms with E-state index in [2.05, 4.69) is 71.7 Å². The summed E-state index contributed by atoms with van der Waals surface area (Å²) in [6.07, 6.45) is 3.95. The van der Waals surface area contributed by atoms with Crippen LogP contribution in [0.5, 0.6) is 0 Å². The average molecular weight is 360 g/mol. The zero-order valence-corrected chi connectivity index (χ0v) is 16.7. The van der Waals surface area contributed by atoms with Crippen molar-refractivity contribution in [3.05, 3.63) is 45.4 Å².